The average molecular weight is 402 g/mol. The molecule has 3 rings (SSSR count). The molecule has 0 amide bonds. The Bertz CT molecular complexity index is 935. The van der Waals surface area contributed by atoms with Crippen LogP contribution in [0.4, 0.5) is 0 Å². The number of carbonyl (C=O) groups excluding carboxylic acids is 1. The first-order chi connectivity index (χ1) is 13.1. The van der Waals surface area contributed by atoms with Crippen LogP contribution in [0.1, 0.15) is 34.6 Å². The molecule has 0 aliphatic carbocycles. The fraction of sp³-hybridized carbons (Fsp3) is 0.150. The van der Waals surface area contributed by atoms with Gasteiger partial charge in [0.15, 0.2) is 5.69 Å². The van der Waals surface area contributed by atoms with Crippen LogP contribution in [-0.2, 0) is 4.74 Å². The SMILES string of the molecule is CCOC(=O)c1cn(C(/C=C/c2ccc(Cl)cc2)c2ccc(Cl)cc2)nn1. The van der Waals surface area contributed by atoms with Crippen molar-refractivity contribution in [3.8, 4) is 0 Å². The monoisotopic (exact) mass is 401 g/mol. The van der Waals surface area contributed by atoms with Crippen LogP contribution < -0.4 is 0 Å². The van der Waals surface area contributed by atoms with Gasteiger partial charge < -0.3 is 4.74 Å². The normalized spacial score (nSPS) is 12.3. The molecule has 0 bridgehead atoms. The largest absolute Gasteiger partial charge is 0.461 e. The summed E-state index contributed by atoms with van der Waals surface area (Å²) in [5.41, 5.74) is 2.10. The van der Waals surface area contributed by atoms with E-state index in [0.717, 1.165) is 11.1 Å². The van der Waals surface area contributed by atoms with E-state index in [4.69, 9.17) is 27.9 Å². The van der Waals surface area contributed by atoms with Gasteiger partial charge in [-0.05, 0) is 42.3 Å². The van der Waals surface area contributed by atoms with E-state index in [1.54, 1.807) is 17.8 Å². The quantitative estimate of drug-likeness (QED) is 0.541. The Kier molecular flexibility index (Phi) is 6.27. The van der Waals surface area contributed by atoms with E-state index in [-0.39, 0.29) is 18.3 Å². The van der Waals surface area contributed by atoms with Crippen molar-refractivity contribution in [3.63, 3.8) is 0 Å². The molecule has 0 saturated heterocycles. The number of carbonyl (C=O) groups is 1. The lowest BCUT2D eigenvalue weighted by atomic mass is 10.1. The number of hydrogen-bond acceptors (Lipinski definition) is 4. The number of halogens is 2. The van der Waals surface area contributed by atoms with Crippen LogP contribution in [0.15, 0.2) is 60.8 Å². The maximum Gasteiger partial charge on any atom is 0.360 e. The Morgan fingerprint density at radius 3 is 2.37 bits per heavy atom. The summed E-state index contributed by atoms with van der Waals surface area (Å²) in [5.74, 6) is -0.500. The summed E-state index contributed by atoms with van der Waals surface area (Å²) in [4.78, 5) is 11.9. The van der Waals surface area contributed by atoms with E-state index in [1.165, 1.54) is 0 Å². The molecule has 3 aromatic rings. The zero-order valence-electron chi connectivity index (χ0n) is 14.5. The van der Waals surface area contributed by atoms with Gasteiger partial charge in [0.05, 0.1) is 18.8 Å². The van der Waals surface area contributed by atoms with Gasteiger partial charge in [0.2, 0.25) is 0 Å². The highest BCUT2D eigenvalue weighted by molar-refractivity contribution is 6.30. The van der Waals surface area contributed by atoms with Crippen molar-refractivity contribution >= 4 is 35.2 Å². The maximum absolute atomic E-state index is 11.9. The van der Waals surface area contributed by atoms with Crippen molar-refractivity contribution in [3.05, 3.63) is 87.7 Å². The van der Waals surface area contributed by atoms with Gasteiger partial charge >= 0.3 is 5.97 Å². The van der Waals surface area contributed by atoms with Crippen molar-refractivity contribution in [2.75, 3.05) is 6.61 Å². The number of allylic oxidation sites excluding steroid dienone is 1. The molecular weight excluding hydrogens is 385 g/mol. The molecule has 5 nitrogen and oxygen atoms in total. The van der Waals surface area contributed by atoms with Gasteiger partial charge in [-0.2, -0.15) is 0 Å². The molecule has 27 heavy (non-hydrogen) atoms. The Morgan fingerprint density at radius 1 is 1.11 bits per heavy atom. The van der Waals surface area contributed by atoms with Gasteiger partial charge in [-0.3, -0.25) is 0 Å². The Balaban J connectivity index is 1.93. The van der Waals surface area contributed by atoms with Gasteiger partial charge in [0.25, 0.3) is 0 Å². The molecule has 1 heterocycles. The van der Waals surface area contributed by atoms with Gasteiger partial charge in [0.1, 0.15) is 0 Å². The van der Waals surface area contributed by atoms with Gasteiger partial charge in [0, 0.05) is 10.0 Å². The first kappa shape index (κ1) is 19.1. The van der Waals surface area contributed by atoms with E-state index >= 15 is 0 Å². The Hall–Kier alpha value is -2.63. The average Bonchev–Trinajstić information content (AvgIpc) is 3.15. The summed E-state index contributed by atoms with van der Waals surface area (Å²) < 4.78 is 6.59. The predicted molar refractivity (Wildman–Crippen MR) is 106 cm³/mol. The zero-order valence-corrected chi connectivity index (χ0v) is 16.1. The summed E-state index contributed by atoms with van der Waals surface area (Å²) >= 11 is 11.9. The molecule has 0 aliphatic heterocycles. The highest BCUT2D eigenvalue weighted by atomic mass is 35.5. The first-order valence-electron chi connectivity index (χ1n) is 8.35. The summed E-state index contributed by atoms with van der Waals surface area (Å²) in [5, 5.41) is 9.35. The highest BCUT2D eigenvalue weighted by Gasteiger charge is 2.17. The number of ether oxygens (including phenoxy) is 1. The van der Waals surface area contributed by atoms with Crippen molar-refractivity contribution in [2.45, 2.75) is 13.0 Å². The second kappa shape index (κ2) is 8.84. The molecule has 138 valence electrons. The molecule has 0 aliphatic rings. The van der Waals surface area contributed by atoms with Crippen LogP contribution in [0.3, 0.4) is 0 Å². The number of esters is 1. The molecule has 0 saturated carbocycles. The third-order valence-corrected chi connectivity index (χ3v) is 4.34. The minimum absolute atomic E-state index is 0.163. The number of rotatable bonds is 6. The highest BCUT2D eigenvalue weighted by Crippen LogP contribution is 2.23. The second-order valence-electron chi connectivity index (χ2n) is 5.71. The molecule has 1 unspecified atom stereocenters. The molecule has 1 aromatic heterocycles. The minimum Gasteiger partial charge on any atom is -0.461 e. The lowest BCUT2D eigenvalue weighted by molar-refractivity contribution is 0.0519. The summed E-state index contributed by atoms with van der Waals surface area (Å²) in [6, 6.07) is 14.7. The van der Waals surface area contributed by atoms with Gasteiger partial charge in [-0.1, -0.05) is 64.8 Å². The number of aromatic nitrogens is 3. The smallest absolute Gasteiger partial charge is 0.360 e. The molecule has 0 N–H and O–H groups in total. The molecule has 0 radical (unpaired) electrons. The standard InChI is InChI=1S/C20H17Cl2N3O2/c1-2-27-20(26)18-13-25(24-23-18)19(15-6-10-17(22)11-7-15)12-5-14-3-8-16(21)9-4-14/h3-13,19H,2H2,1H3/b12-5+. The van der Waals surface area contributed by atoms with Gasteiger partial charge in [-0.25, -0.2) is 9.48 Å². The van der Waals surface area contributed by atoms with Crippen LogP contribution in [0.2, 0.25) is 10.0 Å². The minimum atomic E-state index is -0.500. The Labute approximate surface area is 167 Å². The second-order valence-corrected chi connectivity index (χ2v) is 6.58. The maximum atomic E-state index is 11.9. The molecule has 2 aromatic carbocycles. The summed E-state index contributed by atoms with van der Waals surface area (Å²) in [6.07, 6.45) is 5.50. The van der Waals surface area contributed by atoms with Crippen LogP contribution in [0.25, 0.3) is 6.08 Å². The molecular formula is C20H17Cl2N3O2. The molecule has 0 spiro atoms. The fourth-order valence-electron chi connectivity index (χ4n) is 2.50. The van der Waals surface area contributed by atoms with Crippen LogP contribution >= 0.6 is 23.2 Å². The van der Waals surface area contributed by atoms with E-state index in [9.17, 15) is 4.79 Å². The zero-order chi connectivity index (χ0) is 19.2. The van der Waals surface area contributed by atoms with Crippen LogP contribution in [-0.4, -0.2) is 27.6 Å². The topological polar surface area (TPSA) is 57.0 Å². The molecule has 7 heteroatoms. The van der Waals surface area contributed by atoms with Crippen LogP contribution in [0, 0.1) is 0 Å². The van der Waals surface area contributed by atoms with Crippen LogP contribution in [0.5, 0.6) is 0 Å². The van der Waals surface area contributed by atoms with E-state index in [0.29, 0.717) is 10.0 Å². The first-order valence-corrected chi connectivity index (χ1v) is 9.10. The number of benzene rings is 2. The van der Waals surface area contributed by atoms with E-state index < -0.39 is 5.97 Å². The van der Waals surface area contributed by atoms with Gasteiger partial charge in [-0.15, -0.1) is 5.10 Å². The van der Waals surface area contributed by atoms with Crippen molar-refractivity contribution in [1.29, 1.82) is 0 Å². The van der Waals surface area contributed by atoms with E-state index in [2.05, 4.69) is 10.3 Å². The lowest BCUT2D eigenvalue weighted by Gasteiger charge is -2.13. The Morgan fingerprint density at radius 2 is 1.74 bits per heavy atom. The number of hydrogen-bond donors (Lipinski definition) is 0. The molecule has 1 atom stereocenters. The van der Waals surface area contributed by atoms with Crippen molar-refractivity contribution in [1.82, 2.24) is 15.0 Å². The molecule has 0 fully saturated rings. The summed E-state index contributed by atoms with van der Waals surface area (Å²) in [6.45, 7) is 2.02. The van der Waals surface area contributed by atoms with Crippen molar-refractivity contribution < 1.29 is 9.53 Å². The third-order valence-electron chi connectivity index (χ3n) is 3.83. The third kappa shape index (κ3) is 4.96. The summed E-state index contributed by atoms with van der Waals surface area (Å²) in [7, 11) is 0. The van der Waals surface area contributed by atoms with Crippen molar-refractivity contribution in [2.24, 2.45) is 0 Å². The lowest BCUT2D eigenvalue weighted by Crippen LogP contribution is -2.09. The predicted octanol–water partition coefficient (Wildman–Crippen LogP) is 5.06. The van der Waals surface area contributed by atoms with E-state index in [1.807, 2.05) is 60.7 Å². The number of nitrogens with zero attached hydrogens (tertiary/aromatic N) is 3. The fourth-order valence-corrected chi connectivity index (χ4v) is 2.75.